The Labute approximate surface area is 137 Å². The van der Waals surface area contributed by atoms with Crippen LogP contribution in [0.25, 0.3) is 0 Å². The molecule has 1 atom stereocenters. The van der Waals surface area contributed by atoms with E-state index in [2.05, 4.69) is 0 Å². The Hall–Kier alpha value is -1.89. The molecular weight excluding hydrogens is 318 g/mol. The summed E-state index contributed by atoms with van der Waals surface area (Å²) in [6, 6.07) is 6.04. The topological polar surface area (TPSA) is 91.8 Å². The summed E-state index contributed by atoms with van der Waals surface area (Å²) in [5, 5.41) is 8.95. The molecule has 0 aromatic heterocycles. The SMILES string of the molecule is CCC(C)N(CC(=O)O)C(=O)Cc1cccc(S(=O)(=O)CC)c1. The second-order valence-electron chi connectivity index (χ2n) is 5.40. The van der Waals surface area contributed by atoms with Crippen molar-refractivity contribution in [3.8, 4) is 0 Å². The molecule has 0 aliphatic carbocycles. The number of nitrogens with zero attached hydrogens (tertiary/aromatic N) is 1. The van der Waals surface area contributed by atoms with E-state index in [9.17, 15) is 18.0 Å². The highest BCUT2D eigenvalue weighted by Gasteiger charge is 2.22. The lowest BCUT2D eigenvalue weighted by atomic mass is 10.1. The number of benzene rings is 1. The monoisotopic (exact) mass is 341 g/mol. The van der Waals surface area contributed by atoms with Gasteiger partial charge in [0.05, 0.1) is 17.1 Å². The van der Waals surface area contributed by atoms with E-state index in [1.807, 2.05) is 6.92 Å². The minimum absolute atomic E-state index is 0.0115. The van der Waals surface area contributed by atoms with Crippen LogP contribution in [0, 0.1) is 0 Å². The van der Waals surface area contributed by atoms with Crippen molar-refractivity contribution in [2.45, 2.75) is 44.6 Å². The van der Waals surface area contributed by atoms with Crippen molar-refractivity contribution in [3.05, 3.63) is 29.8 Å². The van der Waals surface area contributed by atoms with E-state index < -0.39 is 15.8 Å². The van der Waals surface area contributed by atoms with Crippen LogP contribution in [0.5, 0.6) is 0 Å². The van der Waals surface area contributed by atoms with Gasteiger partial charge >= 0.3 is 5.97 Å². The number of carbonyl (C=O) groups is 2. The van der Waals surface area contributed by atoms with Crippen molar-refractivity contribution in [1.82, 2.24) is 4.90 Å². The number of amides is 1. The molecule has 1 rings (SSSR count). The smallest absolute Gasteiger partial charge is 0.323 e. The van der Waals surface area contributed by atoms with Crippen LogP contribution in [0.1, 0.15) is 32.8 Å². The van der Waals surface area contributed by atoms with Gasteiger partial charge in [-0.25, -0.2) is 8.42 Å². The number of sulfone groups is 1. The van der Waals surface area contributed by atoms with Crippen molar-refractivity contribution in [1.29, 1.82) is 0 Å². The normalized spacial score (nSPS) is 12.7. The molecule has 0 aliphatic heterocycles. The first kappa shape index (κ1) is 19.2. The van der Waals surface area contributed by atoms with Crippen molar-refractivity contribution in [3.63, 3.8) is 0 Å². The highest BCUT2D eigenvalue weighted by atomic mass is 32.2. The van der Waals surface area contributed by atoms with Gasteiger partial charge in [-0.1, -0.05) is 26.0 Å². The highest BCUT2D eigenvalue weighted by molar-refractivity contribution is 7.91. The van der Waals surface area contributed by atoms with E-state index >= 15 is 0 Å². The summed E-state index contributed by atoms with van der Waals surface area (Å²) in [6.45, 7) is 4.87. The van der Waals surface area contributed by atoms with Crippen molar-refractivity contribution in [2.75, 3.05) is 12.3 Å². The second kappa shape index (κ2) is 8.10. The van der Waals surface area contributed by atoms with Gasteiger partial charge in [0.25, 0.3) is 0 Å². The van der Waals surface area contributed by atoms with E-state index in [1.165, 1.54) is 17.0 Å². The largest absolute Gasteiger partial charge is 0.480 e. The lowest BCUT2D eigenvalue weighted by molar-refractivity contribution is -0.145. The summed E-state index contributed by atoms with van der Waals surface area (Å²) >= 11 is 0. The van der Waals surface area contributed by atoms with Crippen molar-refractivity contribution < 1.29 is 23.1 Å². The number of carboxylic acid groups (broad SMARTS) is 1. The fourth-order valence-electron chi connectivity index (χ4n) is 2.15. The van der Waals surface area contributed by atoms with Gasteiger partial charge < -0.3 is 10.0 Å². The number of rotatable bonds is 8. The predicted octanol–water partition coefficient (Wildman–Crippen LogP) is 1.73. The molecule has 23 heavy (non-hydrogen) atoms. The van der Waals surface area contributed by atoms with Crippen LogP contribution in [-0.2, 0) is 25.8 Å². The van der Waals surface area contributed by atoms with Gasteiger partial charge in [-0.15, -0.1) is 0 Å². The van der Waals surface area contributed by atoms with E-state index in [0.717, 1.165) is 0 Å². The summed E-state index contributed by atoms with van der Waals surface area (Å²) in [5.74, 6) is -1.41. The molecule has 0 spiro atoms. The third kappa shape index (κ3) is 5.35. The molecule has 1 aromatic rings. The Morgan fingerprint density at radius 2 is 1.91 bits per heavy atom. The third-order valence-corrected chi connectivity index (χ3v) is 5.47. The van der Waals surface area contributed by atoms with Crippen LogP contribution >= 0.6 is 0 Å². The Bertz CT molecular complexity index is 669. The molecule has 0 saturated carbocycles. The van der Waals surface area contributed by atoms with Gasteiger partial charge in [0.2, 0.25) is 5.91 Å². The van der Waals surface area contributed by atoms with Crippen LogP contribution in [0.3, 0.4) is 0 Å². The zero-order chi connectivity index (χ0) is 17.6. The number of aliphatic carboxylic acids is 1. The molecule has 0 aliphatic rings. The van der Waals surface area contributed by atoms with Gasteiger partial charge in [-0.3, -0.25) is 9.59 Å². The predicted molar refractivity (Wildman–Crippen MR) is 87.0 cm³/mol. The maximum Gasteiger partial charge on any atom is 0.323 e. The Morgan fingerprint density at radius 3 is 2.43 bits per heavy atom. The highest BCUT2D eigenvalue weighted by Crippen LogP contribution is 2.15. The fourth-order valence-corrected chi connectivity index (χ4v) is 3.10. The quantitative estimate of drug-likeness (QED) is 0.777. The molecule has 0 bridgehead atoms. The molecule has 0 heterocycles. The summed E-state index contributed by atoms with van der Waals surface area (Å²) in [4.78, 5) is 24.8. The number of hydrogen-bond acceptors (Lipinski definition) is 4. The first-order valence-electron chi connectivity index (χ1n) is 7.54. The van der Waals surface area contributed by atoms with E-state index in [1.54, 1.807) is 26.0 Å². The number of hydrogen-bond donors (Lipinski definition) is 1. The minimum atomic E-state index is -3.34. The molecule has 0 fully saturated rings. The first-order chi connectivity index (χ1) is 10.7. The fraction of sp³-hybridized carbons (Fsp3) is 0.500. The van der Waals surface area contributed by atoms with Crippen molar-refractivity contribution in [2.24, 2.45) is 0 Å². The minimum Gasteiger partial charge on any atom is -0.480 e. The maximum atomic E-state index is 12.4. The standard InChI is InChI=1S/C16H23NO5S/c1-4-12(3)17(11-16(19)20)15(18)10-13-7-6-8-14(9-13)23(21,22)5-2/h6-9,12H,4-5,10-11H2,1-3H3,(H,19,20). The lowest BCUT2D eigenvalue weighted by Crippen LogP contribution is -2.42. The third-order valence-electron chi connectivity index (χ3n) is 3.74. The molecule has 1 aromatic carbocycles. The van der Waals surface area contributed by atoms with Crippen LogP contribution in [-0.4, -0.2) is 48.6 Å². The molecule has 7 heteroatoms. The van der Waals surface area contributed by atoms with Crippen LogP contribution in [0.15, 0.2) is 29.2 Å². The lowest BCUT2D eigenvalue weighted by Gasteiger charge is -2.27. The molecule has 128 valence electrons. The number of carbonyl (C=O) groups excluding carboxylic acids is 1. The van der Waals surface area contributed by atoms with Gasteiger partial charge in [-0.2, -0.15) is 0 Å². The summed E-state index contributed by atoms with van der Waals surface area (Å²) < 4.78 is 23.8. The van der Waals surface area contributed by atoms with Gasteiger partial charge in [0.15, 0.2) is 9.84 Å². The molecule has 1 unspecified atom stereocenters. The van der Waals surface area contributed by atoms with E-state index in [4.69, 9.17) is 5.11 Å². The zero-order valence-corrected chi connectivity index (χ0v) is 14.5. The van der Waals surface area contributed by atoms with E-state index in [-0.39, 0.29) is 35.6 Å². The molecule has 1 amide bonds. The summed E-state index contributed by atoms with van der Waals surface area (Å²) in [6.07, 6.45) is 0.619. The second-order valence-corrected chi connectivity index (χ2v) is 7.68. The first-order valence-corrected chi connectivity index (χ1v) is 9.19. The average molecular weight is 341 g/mol. The summed E-state index contributed by atoms with van der Waals surface area (Å²) in [5.41, 5.74) is 0.559. The molecular formula is C16H23NO5S. The van der Waals surface area contributed by atoms with Crippen LogP contribution in [0.4, 0.5) is 0 Å². The van der Waals surface area contributed by atoms with Gasteiger partial charge in [-0.05, 0) is 31.0 Å². The number of carboxylic acids is 1. The van der Waals surface area contributed by atoms with Crippen LogP contribution in [0.2, 0.25) is 0 Å². The van der Waals surface area contributed by atoms with E-state index in [0.29, 0.717) is 12.0 Å². The average Bonchev–Trinajstić information content (AvgIpc) is 2.51. The Morgan fingerprint density at radius 1 is 1.26 bits per heavy atom. The maximum absolute atomic E-state index is 12.4. The zero-order valence-electron chi connectivity index (χ0n) is 13.7. The Balaban J connectivity index is 2.99. The Kier molecular flexibility index (Phi) is 6.75. The van der Waals surface area contributed by atoms with Gasteiger partial charge in [0.1, 0.15) is 6.54 Å². The molecule has 1 N–H and O–H groups in total. The van der Waals surface area contributed by atoms with Crippen molar-refractivity contribution >= 4 is 21.7 Å². The molecule has 6 nitrogen and oxygen atoms in total. The van der Waals surface area contributed by atoms with Gasteiger partial charge in [0, 0.05) is 6.04 Å². The molecule has 0 saturated heterocycles. The summed E-state index contributed by atoms with van der Waals surface area (Å²) in [7, 11) is -3.34. The molecule has 0 radical (unpaired) electrons. The van der Waals surface area contributed by atoms with Crippen LogP contribution < -0.4 is 0 Å².